The van der Waals surface area contributed by atoms with Crippen molar-refractivity contribution in [2.24, 2.45) is 0 Å². The summed E-state index contributed by atoms with van der Waals surface area (Å²) in [4.78, 5) is 29.3. The number of para-hydroxylation sites is 1. The van der Waals surface area contributed by atoms with E-state index in [1.54, 1.807) is 11.8 Å². The summed E-state index contributed by atoms with van der Waals surface area (Å²) in [6.45, 7) is 4.42. The number of hydrogen-bond donors (Lipinski definition) is 2. The highest BCUT2D eigenvalue weighted by Gasteiger charge is 2.33. The fourth-order valence-corrected chi connectivity index (χ4v) is 4.64. The van der Waals surface area contributed by atoms with Crippen LogP contribution in [0.1, 0.15) is 25.5 Å². The molecule has 1 unspecified atom stereocenters. The molecule has 0 aromatic heterocycles. The molecule has 2 amide bonds. The zero-order valence-electron chi connectivity index (χ0n) is 16.6. The van der Waals surface area contributed by atoms with Gasteiger partial charge in [-0.15, -0.1) is 11.8 Å². The summed E-state index contributed by atoms with van der Waals surface area (Å²) in [5, 5.41) is 2.89. The Morgan fingerprint density at radius 2 is 1.79 bits per heavy atom. The minimum atomic E-state index is -0.0329. The number of quaternary nitrogens is 1. The Hall–Kier alpha value is -2.31. The molecule has 0 radical (unpaired) electrons. The predicted octanol–water partition coefficient (Wildman–Crippen LogP) is 1.91. The maximum atomic E-state index is 13.3. The first-order chi connectivity index (χ1) is 13.5. The number of nitrogens with one attached hydrogen (secondary N) is 2. The monoisotopic (exact) mass is 398 g/mol. The van der Waals surface area contributed by atoms with Crippen LogP contribution in [0.2, 0.25) is 0 Å². The number of anilines is 1. The number of carbonyl (C=O) groups is 2. The third kappa shape index (κ3) is 4.94. The molecule has 0 saturated heterocycles. The van der Waals surface area contributed by atoms with Crippen molar-refractivity contribution in [2.45, 2.75) is 30.8 Å². The fraction of sp³-hybridized carbons (Fsp3) is 0.364. The molecule has 6 heteroatoms. The first-order valence-electron chi connectivity index (χ1n) is 9.65. The van der Waals surface area contributed by atoms with Crippen molar-refractivity contribution in [3.8, 4) is 0 Å². The number of rotatable bonds is 6. The highest BCUT2D eigenvalue weighted by Crippen LogP contribution is 2.42. The minimum Gasteiger partial charge on any atom is -0.349 e. The number of amides is 2. The van der Waals surface area contributed by atoms with Crippen molar-refractivity contribution in [2.75, 3.05) is 30.8 Å². The highest BCUT2D eigenvalue weighted by molar-refractivity contribution is 7.99. The van der Waals surface area contributed by atoms with Crippen molar-refractivity contribution >= 4 is 29.3 Å². The van der Waals surface area contributed by atoms with E-state index < -0.39 is 0 Å². The van der Waals surface area contributed by atoms with Crippen LogP contribution in [-0.2, 0) is 9.59 Å². The normalized spacial score (nSPS) is 17.1. The van der Waals surface area contributed by atoms with Crippen LogP contribution in [0.25, 0.3) is 0 Å². The first kappa shape index (κ1) is 20.4. The van der Waals surface area contributed by atoms with Crippen LogP contribution < -0.4 is 15.1 Å². The van der Waals surface area contributed by atoms with Gasteiger partial charge >= 0.3 is 0 Å². The molecule has 3 rings (SSSR count). The van der Waals surface area contributed by atoms with Crippen LogP contribution in [0.5, 0.6) is 0 Å². The van der Waals surface area contributed by atoms with Crippen LogP contribution >= 0.6 is 11.8 Å². The second-order valence-electron chi connectivity index (χ2n) is 7.50. The summed E-state index contributed by atoms with van der Waals surface area (Å²) < 4.78 is 0. The molecular weight excluding hydrogens is 370 g/mol. The van der Waals surface area contributed by atoms with Crippen LogP contribution in [-0.4, -0.2) is 43.7 Å². The number of nitrogens with zero attached hydrogens (tertiary/aromatic N) is 1. The molecule has 2 N–H and O–H groups in total. The fourth-order valence-electron chi connectivity index (χ4n) is 3.47. The Morgan fingerprint density at radius 1 is 1.11 bits per heavy atom. The molecule has 28 heavy (non-hydrogen) atoms. The zero-order valence-corrected chi connectivity index (χ0v) is 17.5. The molecule has 0 spiro atoms. The van der Waals surface area contributed by atoms with E-state index >= 15 is 0 Å². The lowest BCUT2D eigenvalue weighted by Crippen LogP contribution is -3.11. The van der Waals surface area contributed by atoms with Gasteiger partial charge in [0.25, 0.3) is 11.8 Å². The van der Waals surface area contributed by atoms with E-state index in [9.17, 15) is 9.59 Å². The molecule has 2 aromatic rings. The summed E-state index contributed by atoms with van der Waals surface area (Å²) >= 11 is 1.78. The van der Waals surface area contributed by atoms with Gasteiger partial charge in [0, 0.05) is 16.7 Å². The molecule has 2 aromatic carbocycles. The van der Waals surface area contributed by atoms with E-state index in [-0.39, 0.29) is 37.0 Å². The van der Waals surface area contributed by atoms with Gasteiger partial charge in [0.2, 0.25) is 0 Å². The van der Waals surface area contributed by atoms with E-state index in [2.05, 4.69) is 23.5 Å². The zero-order chi connectivity index (χ0) is 20.1. The third-order valence-corrected chi connectivity index (χ3v) is 5.79. The van der Waals surface area contributed by atoms with Crippen molar-refractivity contribution in [3.05, 3.63) is 60.2 Å². The molecule has 2 atom stereocenters. The molecule has 1 heterocycles. The van der Waals surface area contributed by atoms with Gasteiger partial charge < -0.3 is 10.2 Å². The quantitative estimate of drug-likeness (QED) is 0.782. The molecule has 0 fully saturated rings. The maximum Gasteiger partial charge on any atom is 0.282 e. The van der Waals surface area contributed by atoms with Crippen molar-refractivity contribution in [3.63, 3.8) is 0 Å². The number of likely N-dealkylation sites (N-methyl/N-ethyl adjacent to an activating group) is 1. The van der Waals surface area contributed by atoms with Crippen LogP contribution in [0.15, 0.2) is 59.5 Å². The molecule has 0 aliphatic carbocycles. The number of hydrogen-bond acceptors (Lipinski definition) is 3. The number of benzene rings is 2. The molecule has 1 aliphatic rings. The van der Waals surface area contributed by atoms with Gasteiger partial charge in [-0.3, -0.25) is 14.5 Å². The smallest absolute Gasteiger partial charge is 0.282 e. The largest absolute Gasteiger partial charge is 0.349 e. The van der Waals surface area contributed by atoms with Crippen LogP contribution in [0, 0.1) is 0 Å². The van der Waals surface area contributed by atoms with E-state index in [0.717, 1.165) is 26.8 Å². The van der Waals surface area contributed by atoms with E-state index in [4.69, 9.17) is 0 Å². The summed E-state index contributed by atoms with van der Waals surface area (Å²) in [5.41, 5.74) is 2.09. The van der Waals surface area contributed by atoms with Gasteiger partial charge in [0.1, 0.15) is 0 Å². The van der Waals surface area contributed by atoms with Crippen molar-refractivity contribution in [1.82, 2.24) is 5.32 Å². The van der Waals surface area contributed by atoms with Gasteiger partial charge in [-0.05, 0) is 31.5 Å². The lowest BCUT2D eigenvalue weighted by molar-refractivity contribution is -0.862. The number of carbonyl (C=O) groups excluding carboxylic acids is 2. The van der Waals surface area contributed by atoms with Gasteiger partial charge in [-0.1, -0.05) is 42.5 Å². The molecule has 0 bridgehead atoms. The van der Waals surface area contributed by atoms with E-state index in [1.165, 1.54) is 0 Å². The number of thioether (sulfide) groups is 1. The van der Waals surface area contributed by atoms with Gasteiger partial charge in [-0.2, -0.15) is 0 Å². The third-order valence-electron chi connectivity index (χ3n) is 4.65. The van der Waals surface area contributed by atoms with Gasteiger partial charge in [0.15, 0.2) is 13.1 Å². The van der Waals surface area contributed by atoms with E-state index in [1.807, 2.05) is 62.2 Å². The Bertz CT molecular complexity index is 826. The lowest BCUT2D eigenvalue weighted by atomic mass is 10.1. The molecular formula is C22H28N3O2S+. The van der Waals surface area contributed by atoms with Crippen LogP contribution in [0.4, 0.5) is 5.69 Å². The summed E-state index contributed by atoms with van der Waals surface area (Å²) in [6, 6.07) is 18.3. The topological polar surface area (TPSA) is 53.9 Å². The average Bonchev–Trinajstić information content (AvgIpc) is 2.66. The summed E-state index contributed by atoms with van der Waals surface area (Å²) in [5.74, 6) is 0.825. The minimum absolute atomic E-state index is 0.00843. The van der Waals surface area contributed by atoms with Crippen molar-refractivity contribution < 1.29 is 14.5 Å². The van der Waals surface area contributed by atoms with Gasteiger partial charge in [-0.25, -0.2) is 0 Å². The second kappa shape index (κ2) is 9.26. The van der Waals surface area contributed by atoms with Crippen molar-refractivity contribution in [1.29, 1.82) is 0 Å². The predicted molar refractivity (Wildman–Crippen MR) is 114 cm³/mol. The highest BCUT2D eigenvalue weighted by atomic mass is 32.2. The Morgan fingerprint density at radius 3 is 2.50 bits per heavy atom. The standard InChI is InChI=1S/C22H27N3O2S/c1-16(2)23-21(26)13-24(3)14-22(27)25-18-11-7-8-12-20(18)28-15-19(25)17-9-5-4-6-10-17/h4-12,16,19H,13-15H2,1-3H3,(H,23,26)/p+1/t19-/m1/s1. The lowest BCUT2D eigenvalue weighted by Gasteiger charge is -2.37. The molecule has 1 aliphatic heterocycles. The van der Waals surface area contributed by atoms with Gasteiger partial charge in [0.05, 0.1) is 18.8 Å². The maximum absolute atomic E-state index is 13.3. The Labute approximate surface area is 171 Å². The van der Waals surface area contributed by atoms with E-state index in [0.29, 0.717) is 0 Å². The molecule has 5 nitrogen and oxygen atoms in total. The average molecular weight is 399 g/mol. The van der Waals surface area contributed by atoms with Crippen LogP contribution in [0.3, 0.4) is 0 Å². The second-order valence-corrected chi connectivity index (χ2v) is 8.56. The SMILES string of the molecule is CC(C)NC(=O)C[NH+](C)CC(=O)N1c2ccccc2SC[C@@H]1c1ccccc1. The Balaban J connectivity index is 1.80. The number of fused-ring (bicyclic) bond motifs is 1. The molecule has 0 saturated carbocycles. The summed E-state index contributed by atoms with van der Waals surface area (Å²) in [6.07, 6.45) is 0. The Kier molecular flexibility index (Phi) is 6.75. The first-order valence-corrected chi connectivity index (χ1v) is 10.6. The summed E-state index contributed by atoms with van der Waals surface area (Å²) in [7, 11) is 1.89. The molecule has 148 valence electrons.